The van der Waals surface area contributed by atoms with Crippen molar-refractivity contribution in [1.82, 2.24) is 0 Å². The van der Waals surface area contributed by atoms with Crippen LogP contribution in [-0.2, 0) is 14.3 Å². The molecule has 0 amide bonds. The summed E-state index contributed by atoms with van der Waals surface area (Å²) in [7, 11) is 0. The number of halogens is 2. The van der Waals surface area contributed by atoms with Crippen LogP contribution in [0.1, 0.15) is 24.3 Å². The highest BCUT2D eigenvalue weighted by atomic mass is 19.2. The van der Waals surface area contributed by atoms with Gasteiger partial charge in [-0.1, -0.05) is 6.07 Å². The predicted octanol–water partition coefficient (Wildman–Crippen LogP) is 1.91. The summed E-state index contributed by atoms with van der Waals surface area (Å²) in [6.07, 6.45) is 0.0215. The highest BCUT2D eigenvalue weighted by molar-refractivity contribution is 5.89. The Hall–Kier alpha value is -1.78. The molecular weight excluding hydrogens is 218 g/mol. The van der Waals surface area contributed by atoms with Crippen LogP contribution in [0.3, 0.4) is 0 Å². The molecule has 0 atom stereocenters. The fourth-order valence-electron chi connectivity index (χ4n) is 1.69. The topological polar surface area (TPSA) is 43.4 Å². The number of rotatable bonds is 1. The summed E-state index contributed by atoms with van der Waals surface area (Å²) in [5.41, 5.74) is 0.434. The number of hydrogen-bond donors (Lipinski definition) is 0. The number of carbonyl (C=O) groups excluding carboxylic acids is 2. The van der Waals surface area contributed by atoms with Crippen LogP contribution in [0.2, 0.25) is 0 Å². The van der Waals surface area contributed by atoms with E-state index >= 15 is 0 Å². The lowest BCUT2D eigenvalue weighted by molar-refractivity contribution is -0.163. The first-order valence-electron chi connectivity index (χ1n) is 4.74. The van der Waals surface area contributed by atoms with E-state index in [0.717, 1.165) is 12.1 Å². The maximum Gasteiger partial charge on any atom is 0.314 e. The number of benzene rings is 1. The second kappa shape index (κ2) is 4.00. The van der Waals surface area contributed by atoms with Gasteiger partial charge < -0.3 is 4.74 Å². The van der Waals surface area contributed by atoms with Crippen LogP contribution in [0.5, 0.6) is 0 Å². The van der Waals surface area contributed by atoms with Crippen molar-refractivity contribution in [2.45, 2.75) is 18.8 Å². The van der Waals surface area contributed by atoms with E-state index in [0.29, 0.717) is 5.56 Å². The van der Waals surface area contributed by atoms with Gasteiger partial charge in [-0.25, -0.2) is 8.78 Å². The maximum absolute atomic E-state index is 13.0. The second-order valence-electron chi connectivity index (χ2n) is 3.62. The van der Waals surface area contributed by atoms with E-state index in [4.69, 9.17) is 0 Å². The van der Waals surface area contributed by atoms with Crippen molar-refractivity contribution in [3.8, 4) is 0 Å². The van der Waals surface area contributed by atoms with E-state index in [1.54, 1.807) is 0 Å². The van der Waals surface area contributed by atoms with Gasteiger partial charge in [0.25, 0.3) is 0 Å². The third-order valence-electron chi connectivity index (χ3n) is 2.47. The van der Waals surface area contributed by atoms with Gasteiger partial charge in [0.2, 0.25) is 0 Å². The van der Waals surface area contributed by atoms with Crippen molar-refractivity contribution in [1.29, 1.82) is 0 Å². The molecule has 0 radical (unpaired) electrons. The van der Waals surface area contributed by atoms with Gasteiger partial charge in [0.15, 0.2) is 11.6 Å². The standard InChI is InChI=1S/C11H8F2O3/c12-8-2-1-6(3-9(8)13)7-4-10(14)16-11(15)5-7/h1-3,7H,4-5H2. The molecule has 0 unspecified atom stereocenters. The molecule has 1 aliphatic rings. The van der Waals surface area contributed by atoms with Gasteiger partial charge in [0.1, 0.15) is 0 Å². The molecule has 1 fully saturated rings. The summed E-state index contributed by atoms with van der Waals surface area (Å²) in [6, 6.07) is 3.36. The molecule has 3 nitrogen and oxygen atoms in total. The molecule has 0 saturated carbocycles. The summed E-state index contributed by atoms with van der Waals surface area (Å²) in [6.45, 7) is 0. The predicted molar refractivity (Wildman–Crippen MR) is 49.4 cm³/mol. The largest absolute Gasteiger partial charge is 0.393 e. The van der Waals surface area contributed by atoms with Gasteiger partial charge in [-0.2, -0.15) is 0 Å². The quantitative estimate of drug-likeness (QED) is 0.542. The van der Waals surface area contributed by atoms with Crippen LogP contribution in [0.4, 0.5) is 8.78 Å². The fraction of sp³-hybridized carbons (Fsp3) is 0.273. The monoisotopic (exact) mass is 226 g/mol. The Balaban J connectivity index is 2.26. The Morgan fingerprint density at radius 2 is 1.69 bits per heavy atom. The molecule has 1 heterocycles. The van der Waals surface area contributed by atoms with Gasteiger partial charge in [-0.05, 0) is 17.7 Å². The molecule has 1 aromatic rings. The van der Waals surface area contributed by atoms with E-state index < -0.39 is 29.5 Å². The van der Waals surface area contributed by atoms with Crippen LogP contribution in [0.25, 0.3) is 0 Å². The van der Waals surface area contributed by atoms with Gasteiger partial charge in [0, 0.05) is 5.92 Å². The first-order chi connectivity index (χ1) is 7.56. The molecule has 2 rings (SSSR count). The Kier molecular flexibility index (Phi) is 2.68. The normalized spacial score (nSPS) is 17.4. The van der Waals surface area contributed by atoms with Crippen LogP contribution in [0, 0.1) is 11.6 Å². The Morgan fingerprint density at radius 1 is 1.06 bits per heavy atom. The smallest absolute Gasteiger partial charge is 0.314 e. The Labute approximate surface area is 90.0 Å². The van der Waals surface area contributed by atoms with Crippen molar-refractivity contribution >= 4 is 11.9 Å². The van der Waals surface area contributed by atoms with E-state index in [1.807, 2.05) is 0 Å². The average molecular weight is 226 g/mol. The van der Waals surface area contributed by atoms with Crippen LogP contribution < -0.4 is 0 Å². The minimum Gasteiger partial charge on any atom is -0.393 e. The lowest BCUT2D eigenvalue weighted by atomic mass is 9.91. The zero-order valence-electron chi connectivity index (χ0n) is 8.20. The third-order valence-corrected chi connectivity index (χ3v) is 2.47. The minimum absolute atomic E-state index is 0.0107. The van der Waals surface area contributed by atoms with Crippen LogP contribution in [0.15, 0.2) is 18.2 Å². The molecule has 1 aromatic carbocycles. The lowest BCUT2D eigenvalue weighted by Crippen LogP contribution is -2.24. The molecule has 16 heavy (non-hydrogen) atoms. The molecule has 0 bridgehead atoms. The lowest BCUT2D eigenvalue weighted by Gasteiger charge is -2.19. The number of cyclic esters (lactones) is 2. The molecule has 5 heteroatoms. The summed E-state index contributed by atoms with van der Waals surface area (Å²) < 4.78 is 30.0. The van der Waals surface area contributed by atoms with Gasteiger partial charge in [-0.15, -0.1) is 0 Å². The molecule has 1 saturated heterocycles. The zero-order chi connectivity index (χ0) is 11.7. The molecule has 0 N–H and O–H groups in total. The van der Waals surface area contributed by atoms with Crippen molar-refractivity contribution in [3.63, 3.8) is 0 Å². The van der Waals surface area contributed by atoms with E-state index in [-0.39, 0.29) is 12.8 Å². The van der Waals surface area contributed by atoms with E-state index in [2.05, 4.69) is 4.74 Å². The van der Waals surface area contributed by atoms with E-state index in [9.17, 15) is 18.4 Å². The number of hydrogen-bond acceptors (Lipinski definition) is 3. The highest BCUT2D eigenvalue weighted by Crippen LogP contribution is 2.28. The van der Waals surface area contributed by atoms with Gasteiger partial charge in [-0.3, -0.25) is 9.59 Å². The molecule has 1 aliphatic heterocycles. The molecule has 0 aliphatic carbocycles. The van der Waals surface area contributed by atoms with Crippen LogP contribution >= 0.6 is 0 Å². The second-order valence-corrected chi connectivity index (χ2v) is 3.62. The van der Waals surface area contributed by atoms with E-state index in [1.165, 1.54) is 6.07 Å². The van der Waals surface area contributed by atoms with Gasteiger partial charge in [0.05, 0.1) is 12.8 Å². The van der Waals surface area contributed by atoms with Crippen molar-refractivity contribution in [2.24, 2.45) is 0 Å². The Morgan fingerprint density at radius 3 is 2.25 bits per heavy atom. The van der Waals surface area contributed by atoms with Crippen molar-refractivity contribution < 1.29 is 23.1 Å². The fourth-order valence-corrected chi connectivity index (χ4v) is 1.69. The first kappa shape index (κ1) is 10.7. The molecule has 0 aromatic heterocycles. The molecular formula is C11H8F2O3. The van der Waals surface area contributed by atoms with Crippen molar-refractivity contribution in [3.05, 3.63) is 35.4 Å². The average Bonchev–Trinajstić information content (AvgIpc) is 2.20. The third kappa shape index (κ3) is 2.08. The van der Waals surface area contributed by atoms with Gasteiger partial charge >= 0.3 is 11.9 Å². The maximum atomic E-state index is 13.0. The number of esters is 2. The molecule has 84 valence electrons. The van der Waals surface area contributed by atoms with Crippen molar-refractivity contribution in [2.75, 3.05) is 0 Å². The zero-order valence-corrected chi connectivity index (χ0v) is 8.20. The first-order valence-corrected chi connectivity index (χ1v) is 4.74. The minimum atomic E-state index is -0.983. The summed E-state index contributed by atoms with van der Waals surface area (Å²) in [4.78, 5) is 22.0. The summed E-state index contributed by atoms with van der Waals surface area (Å²) in [5, 5.41) is 0. The highest BCUT2D eigenvalue weighted by Gasteiger charge is 2.28. The number of carbonyl (C=O) groups is 2. The molecule has 0 spiro atoms. The number of ether oxygens (including phenoxy) is 1. The SMILES string of the molecule is O=C1CC(c2ccc(F)c(F)c2)CC(=O)O1. The van der Waals surface area contributed by atoms with Crippen LogP contribution in [-0.4, -0.2) is 11.9 Å². The Bertz CT molecular complexity index is 441. The summed E-state index contributed by atoms with van der Waals surface area (Å²) in [5.74, 6) is -3.63. The summed E-state index contributed by atoms with van der Waals surface area (Å²) >= 11 is 0.